The molecular weight excluding hydrogens is 432 g/mol. The highest BCUT2D eigenvalue weighted by Gasteiger charge is 2.47. The Balaban J connectivity index is 1.95. The van der Waals surface area contributed by atoms with Crippen LogP contribution in [-0.2, 0) is 0 Å². The Labute approximate surface area is 212 Å². The van der Waals surface area contributed by atoms with Gasteiger partial charge in [0.15, 0.2) is 0 Å². The van der Waals surface area contributed by atoms with Crippen molar-refractivity contribution in [3.8, 4) is 17.2 Å². The Morgan fingerprint density at radius 2 is 0.857 bits per heavy atom. The van der Waals surface area contributed by atoms with E-state index in [4.69, 9.17) is 14.2 Å². The lowest BCUT2D eigenvalue weighted by atomic mass is 9.92. The molecule has 0 saturated heterocycles. The number of ether oxygens (including phenoxy) is 3. The first-order chi connectivity index (χ1) is 17.3. The van der Waals surface area contributed by atoms with Crippen LogP contribution in [-0.4, -0.2) is 5.97 Å². The molecule has 0 aliphatic heterocycles. The highest BCUT2D eigenvalue weighted by Crippen LogP contribution is 2.37. The maximum Gasteiger partial charge on any atom is 0.420 e. The second-order valence-corrected chi connectivity index (χ2v) is 9.24. The molecule has 0 aliphatic rings. The highest BCUT2D eigenvalue weighted by molar-refractivity contribution is 5.26. The highest BCUT2D eigenvalue weighted by atomic mass is 16.9. The van der Waals surface area contributed by atoms with Crippen molar-refractivity contribution >= 4 is 0 Å². The van der Waals surface area contributed by atoms with Crippen LogP contribution in [0.2, 0.25) is 0 Å². The molecule has 3 aromatic rings. The molecule has 1 atom stereocenters. The van der Waals surface area contributed by atoms with Gasteiger partial charge in [0, 0.05) is 0 Å². The van der Waals surface area contributed by atoms with Crippen molar-refractivity contribution in [2.75, 3.05) is 0 Å². The van der Waals surface area contributed by atoms with Crippen molar-refractivity contribution in [3.05, 3.63) is 91.0 Å². The van der Waals surface area contributed by atoms with Crippen LogP contribution in [0, 0.1) is 5.92 Å². The first kappa shape index (κ1) is 26.7. The van der Waals surface area contributed by atoms with E-state index in [0.717, 1.165) is 49.4 Å². The van der Waals surface area contributed by atoms with Gasteiger partial charge in [-0.25, -0.2) is 0 Å². The van der Waals surface area contributed by atoms with E-state index in [-0.39, 0.29) is 5.92 Å². The van der Waals surface area contributed by atoms with Gasteiger partial charge in [-0.15, -0.1) is 0 Å². The first-order valence-electron chi connectivity index (χ1n) is 13.5. The third-order valence-corrected chi connectivity index (χ3v) is 6.32. The average molecular weight is 475 g/mol. The molecule has 0 N–H and O–H groups in total. The van der Waals surface area contributed by atoms with E-state index in [2.05, 4.69) is 13.8 Å². The second-order valence-electron chi connectivity index (χ2n) is 9.24. The predicted octanol–water partition coefficient (Wildman–Crippen LogP) is 9.43. The second kappa shape index (κ2) is 15.1. The van der Waals surface area contributed by atoms with Crippen LogP contribution < -0.4 is 14.2 Å². The predicted molar refractivity (Wildman–Crippen MR) is 145 cm³/mol. The lowest BCUT2D eigenvalue weighted by Gasteiger charge is -2.40. The van der Waals surface area contributed by atoms with Crippen molar-refractivity contribution in [1.29, 1.82) is 0 Å². The summed E-state index contributed by atoms with van der Waals surface area (Å²) in [7, 11) is 0. The van der Waals surface area contributed by atoms with E-state index in [1.165, 1.54) is 32.1 Å². The van der Waals surface area contributed by atoms with Crippen LogP contribution in [0.1, 0.15) is 78.1 Å². The SMILES string of the molecule is CCCCCCCCC(CCCC)C(Oc1ccccc1)(Oc1ccccc1)Oc1ccccc1. The van der Waals surface area contributed by atoms with Crippen LogP contribution in [0.15, 0.2) is 91.0 Å². The maximum atomic E-state index is 6.72. The minimum Gasteiger partial charge on any atom is -0.420 e. The summed E-state index contributed by atoms with van der Waals surface area (Å²) in [4.78, 5) is 0. The first-order valence-corrected chi connectivity index (χ1v) is 13.5. The van der Waals surface area contributed by atoms with Gasteiger partial charge in [-0.05, 0) is 49.2 Å². The third-order valence-electron chi connectivity index (χ3n) is 6.32. The van der Waals surface area contributed by atoms with Gasteiger partial charge < -0.3 is 14.2 Å². The number of hydrogen-bond donors (Lipinski definition) is 0. The number of rotatable bonds is 17. The van der Waals surface area contributed by atoms with E-state index >= 15 is 0 Å². The summed E-state index contributed by atoms with van der Waals surface area (Å²) >= 11 is 0. The van der Waals surface area contributed by atoms with Gasteiger partial charge in [-0.2, -0.15) is 0 Å². The van der Waals surface area contributed by atoms with Crippen LogP contribution in [0.5, 0.6) is 17.2 Å². The van der Waals surface area contributed by atoms with E-state index in [1.807, 2.05) is 91.0 Å². The number of hydrogen-bond acceptors (Lipinski definition) is 3. The summed E-state index contributed by atoms with van der Waals surface area (Å²) in [5.41, 5.74) is 0. The van der Waals surface area contributed by atoms with Crippen molar-refractivity contribution in [2.24, 2.45) is 5.92 Å². The van der Waals surface area contributed by atoms with Crippen molar-refractivity contribution in [2.45, 2.75) is 84.0 Å². The van der Waals surface area contributed by atoms with Crippen LogP contribution in [0.3, 0.4) is 0 Å². The summed E-state index contributed by atoms with van der Waals surface area (Å²) in [5, 5.41) is 0. The topological polar surface area (TPSA) is 27.7 Å². The molecule has 1 unspecified atom stereocenters. The van der Waals surface area contributed by atoms with Gasteiger partial charge in [0.25, 0.3) is 0 Å². The zero-order chi connectivity index (χ0) is 24.6. The normalized spacial score (nSPS) is 12.2. The molecule has 0 bridgehead atoms. The number of unbranched alkanes of at least 4 members (excludes halogenated alkanes) is 6. The van der Waals surface area contributed by atoms with Crippen LogP contribution in [0.4, 0.5) is 0 Å². The summed E-state index contributed by atoms with van der Waals surface area (Å²) < 4.78 is 20.2. The van der Waals surface area contributed by atoms with Crippen molar-refractivity contribution < 1.29 is 14.2 Å². The van der Waals surface area contributed by atoms with Crippen LogP contribution >= 0.6 is 0 Å². The number of benzene rings is 3. The average Bonchev–Trinajstić information content (AvgIpc) is 2.89. The molecule has 35 heavy (non-hydrogen) atoms. The lowest BCUT2D eigenvalue weighted by Crippen LogP contribution is -2.54. The molecular formula is C32H42O3. The molecule has 0 saturated carbocycles. The fourth-order valence-electron chi connectivity index (χ4n) is 4.39. The lowest BCUT2D eigenvalue weighted by molar-refractivity contribution is -0.288. The van der Waals surface area contributed by atoms with Crippen LogP contribution in [0.25, 0.3) is 0 Å². The molecule has 3 nitrogen and oxygen atoms in total. The van der Waals surface area contributed by atoms with E-state index < -0.39 is 5.97 Å². The zero-order valence-corrected chi connectivity index (χ0v) is 21.5. The molecule has 0 heterocycles. The van der Waals surface area contributed by atoms with Crippen molar-refractivity contribution in [3.63, 3.8) is 0 Å². The van der Waals surface area contributed by atoms with Gasteiger partial charge >= 0.3 is 5.97 Å². The van der Waals surface area contributed by atoms with Gasteiger partial charge in [-0.3, -0.25) is 0 Å². The van der Waals surface area contributed by atoms with E-state index in [0.29, 0.717) is 0 Å². The molecule has 0 radical (unpaired) electrons. The van der Waals surface area contributed by atoms with Gasteiger partial charge in [0.05, 0.1) is 5.92 Å². The molecule has 0 spiro atoms. The Bertz CT molecular complexity index is 810. The molecule has 0 fully saturated rings. The third kappa shape index (κ3) is 8.98. The molecule has 0 aliphatic carbocycles. The number of para-hydroxylation sites is 3. The smallest absolute Gasteiger partial charge is 0.420 e. The van der Waals surface area contributed by atoms with Gasteiger partial charge in [0.2, 0.25) is 0 Å². The Morgan fingerprint density at radius 1 is 0.486 bits per heavy atom. The minimum atomic E-state index is -1.28. The standard InChI is InChI=1S/C32H42O3/c1-3-5-7-8-9-13-21-28(20-6-4-2)32(33-29-22-14-10-15-23-29,34-30-24-16-11-17-25-30)35-31-26-18-12-19-27-31/h10-12,14-19,22-28H,3-9,13,20-21H2,1-2H3. The Hall–Kier alpha value is -2.94. The van der Waals surface area contributed by atoms with Gasteiger partial charge in [-0.1, -0.05) is 120 Å². The summed E-state index contributed by atoms with van der Waals surface area (Å²) in [5.74, 6) is 1.01. The van der Waals surface area contributed by atoms with Gasteiger partial charge in [0.1, 0.15) is 17.2 Å². The molecule has 0 amide bonds. The van der Waals surface area contributed by atoms with E-state index in [1.54, 1.807) is 0 Å². The summed E-state index contributed by atoms with van der Waals surface area (Å²) in [6.07, 6.45) is 11.7. The minimum absolute atomic E-state index is 0.0641. The summed E-state index contributed by atoms with van der Waals surface area (Å²) in [6.45, 7) is 4.50. The molecule has 188 valence electrons. The summed E-state index contributed by atoms with van der Waals surface area (Å²) in [6, 6.07) is 29.7. The fourth-order valence-corrected chi connectivity index (χ4v) is 4.39. The van der Waals surface area contributed by atoms with E-state index in [9.17, 15) is 0 Å². The zero-order valence-electron chi connectivity index (χ0n) is 21.5. The molecule has 3 rings (SSSR count). The molecule has 3 heteroatoms. The Morgan fingerprint density at radius 3 is 1.29 bits per heavy atom. The fraction of sp³-hybridized carbons (Fsp3) is 0.438. The Kier molecular flexibility index (Phi) is 11.5. The maximum absolute atomic E-state index is 6.72. The molecule has 3 aromatic carbocycles. The molecule has 0 aromatic heterocycles. The monoisotopic (exact) mass is 474 g/mol. The van der Waals surface area contributed by atoms with Crippen molar-refractivity contribution in [1.82, 2.24) is 0 Å². The largest absolute Gasteiger partial charge is 0.420 e. The quantitative estimate of drug-likeness (QED) is 0.144.